The van der Waals surface area contributed by atoms with Crippen molar-refractivity contribution in [2.24, 2.45) is 0 Å². The van der Waals surface area contributed by atoms with Crippen LogP contribution in [0.4, 0.5) is 0 Å². The average Bonchev–Trinajstić information content (AvgIpc) is 3.85. The highest BCUT2D eigenvalue weighted by molar-refractivity contribution is 6.05. The fraction of sp³-hybridized carbons (Fsp3) is 0.0179. The minimum Gasteiger partial charge on any atom is -0.456 e. The van der Waals surface area contributed by atoms with Crippen LogP contribution in [0.1, 0.15) is 22.3 Å². The summed E-state index contributed by atoms with van der Waals surface area (Å²) in [5, 5.41) is 4.56. The number of fused-ring (bicyclic) bond motifs is 7. The Balaban J connectivity index is 1.06. The standard InChI is InChI=1S/C56H35N3O/c1-2-19-43(20-3-1)56(49-25-9-6-22-45(49)46-23-7-10-26-50(46)56)44-21-13-18-41(34-44)54-57-53(40-17-12-16-38(33-40)39-29-28-36-14-4-5-15-37(36)32-39)58-55(59-54)42-30-31-48-47-24-8-11-27-51(47)60-52(48)35-42/h1-35H. The quantitative estimate of drug-likeness (QED) is 0.169. The number of nitrogens with zero attached hydrogens (tertiary/aromatic N) is 3. The molecular weight excluding hydrogens is 731 g/mol. The Morgan fingerprint density at radius 1 is 0.317 bits per heavy atom. The number of para-hydroxylation sites is 1. The van der Waals surface area contributed by atoms with Gasteiger partial charge in [-0.1, -0.05) is 176 Å². The minimum atomic E-state index is -0.552. The van der Waals surface area contributed by atoms with E-state index in [0.717, 1.165) is 55.3 Å². The summed E-state index contributed by atoms with van der Waals surface area (Å²) >= 11 is 0. The maximum atomic E-state index is 6.35. The SMILES string of the molecule is c1ccc(C2(c3cccc(-c4nc(-c5cccc(-c6ccc7ccccc7c6)c5)nc(-c5ccc6c(c5)oc5ccccc56)n4)c3)c3ccccc3-c3ccccc32)cc1. The number of rotatable bonds is 6. The molecule has 60 heavy (non-hydrogen) atoms. The summed E-state index contributed by atoms with van der Waals surface area (Å²) in [6.07, 6.45) is 0. The predicted molar refractivity (Wildman–Crippen MR) is 244 cm³/mol. The van der Waals surface area contributed by atoms with Crippen LogP contribution in [0.25, 0.3) is 89.1 Å². The van der Waals surface area contributed by atoms with E-state index in [1.807, 2.05) is 18.2 Å². The van der Waals surface area contributed by atoms with Crippen LogP contribution in [0, 0.1) is 0 Å². The molecule has 0 amide bonds. The van der Waals surface area contributed by atoms with Crippen molar-refractivity contribution in [3.8, 4) is 56.4 Å². The fourth-order valence-electron chi connectivity index (χ4n) is 9.44. The van der Waals surface area contributed by atoms with Crippen molar-refractivity contribution in [3.63, 3.8) is 0 Å². The highest BCUT2D eigenvalue weighted by Gasteiger charge is 2.46. The molecule has 4 nitrogen and oxygen atoms in total. The Hall–Kier alpha value is -7.95. The number of aromatic nitrogens is 3. The first-order chi connectivity index (χ1) is 29.7. The van der Waals surface area contributed by atoms with Gasteiger partial charge in [0.1, 0.15) is 11.2 Å². The van der Waals surface area contributed by atoms with E-state index in [4.69, 9.17) is 19.4 Å². The van der Waals surface area contributed by atoms with Crippen LogP contribution < -0.4 is 0 Å². The molecule has 9 aromatic carbocycles. The Morgan fingerprint density at radius 2 is 0.850 bits per heavy atom. The van der Waals surface area contributed by atoms with Gasteiger partial charge >= 0.3 is 0 Å². The van der Waals surface area contributed by atoms with Gasteiger partial charge in [0.25, 0.3) is 0 Å². The topological polar surface area (TPSA) is 51.8 Å². The Morgan fingerprint density at radius 3 is 1.62 bits per heavy atom. The zero-order valence-electron chi connectivity index (χ0n) is 32.5. The summed E-state index contributed by atoms with van der Waals surface area (Å²) in [7, 11) is 0. The lowest BCUT2D eigenvalue weighted by Gasteiger charge is -2.34. The largest absolute Gasteiger partial charge is 0.456 e. The van der Waals surface area contributed by atoms with Gasteiger partial charge in [-0.15, -0.1) is 0 Å². The van der Waals surface area contributed by atoms with E-state index in [1.165, 1.54) is 38.6 Å². The first-order valence-corrected chi connectivity index (χ1v) is 20.3. The molecule has 0 saturated carbocycles. The van der Waals surface area contributed by atoms with Gasteiger partial charge in [0.2, 0.25) is 0 Å². The van der Waals surface area contributed by atoms with Crippen LogP contribution in [0.3, 0.4) is 0 Å². The second-order valence-electron chi connectivity index (χ2n) is 15.5. The lowest BCUT2D eigenvalue weighted by molar-refractivity contribution is 0.669. The molecule has 0 radical (unpaired) electrons. The number of benzene rings is 9. The molecule has 12 rings (SSSR count). The second kappa shape index (κ2) is 13.6. The molecule has 0 spiro atoms. The molecule has 0 N–H and O–H groups in total. The van der Waals surface area contributed by atoms with E-state index < -0.39 is 5.41 Å². The molecule has 0 atom stereocenters. The summed E-state index contributed by atoms with van der Waals surface area (Å²) in [5.74, 6) is 1.77. The zero-order chi connectivity index (χ0) is 39.6. The highest BCUT2D eigenvalue weighted by atomic mass is 16.3. The van der Waals surface area contributed by atoms with E-state index in [9.17, 15) is 0 Å². The second-order valence-corrected chi connectivity index (χ2v) is 15.5. The summed E-state index contributed by atoms with van der Waals surface area (Å²) < 4.78 is 6.35. The van der Waals surface area contributed by atoms with Gasteiger partial charge < -0.3 is 4.42 Å². The van der Waals surface area contributed by atoms with Crippen molar-refractivity contribution in [3.05, 3.63) is 235 Å². The molecule has 1 aliphatic rings. The Labute approximate surface area is 347 Å². The molecular formula is C56H35N3O. The van der Waals surface area contributed by atoms with E-state index in [2.05, 4.69) is 194 Å². The van der Waals surface area contributed by atoms with Gasteiger partial charge in [-0.3, -0.25) is 0 Å². The maximum Gasteiger partial charge on any atom is 0.164 e. The molecule has 2 heterocycles. The third kappa shape index (κ3) is 5.35. The van der Waals surface area contributed by atoms with Crippen LogP contribution in [-0.4, -0.2) is 15.0 Å². The van der Waals surface area contributed by atoms with Gasteiger partial charge in [0.05, 0.1) is 5.41 Å². The highest BCUT2D eigenvalue weighted by Crippen LogP contribution is 2.56. The van der Waals surface area contributed by atoms with E-state index in [0.29, 0.717) is 17.5 Å². The smallest absolute Gasteiger partial charge is 0.164 e. The molecule has 2 aromatic heterocycles. The molecule has 0 aliphatic heterocycles. The average molecular weight is 766 g/mol. The van der Waals surface area contributed by atoms with Crippen LogP contribution in [0.15, 0.2) is 217 Å². The first kappa shape index (κ1) is 34.1. The molecule has 0 fully saturated rings. The van der Waals surface area contributed by atoms with Crippen molar-refractivity contribution in [2.45, 2.75) is 5.41 Å². The lowest BCUT2D eigenvalue weighted by Crippen LogP contribution is -2.28. The predicted octanol–water partition coefficient (Wildman–Crippen LogP) is 14.0. The Kier molecular flexibility index (Phi) is 7.72. The molecule has 280 valence electrons. The summed E-state index contributed by atoms with van der Waals surface area (Å²) in [6, 6.07) is 75.3. The number of furan rings is 1. The van der Waals surface area contributed by atoms with Crippen molar-refractivity contribution < 1.29 is 4.42 Å². The molecule has 4 heteroatoms. The maximum absolute atomic E-state index is 6.35. The molecule has 1 aliphatic carbocycles. The van der Waals surface area contributed by atoms with E-state index in [1.54, 1.807) is 0 Å². The molecule has 11 aromatic rings. The molecule has 0 unspecified atom stereocenters. The van der Waals surface area contributed by atoms with Crippen LogP contribution >= 0.6 is 0 Å². The molecule has 0 saturated heterocycles. The lowest BCUT2D eigenvalue weighted by atomic mass is 9.67. The number of hydrogen-bond acceptors (Lipinski definition) is 4. The van der Waals surface area contributed by atoms with Gasteiger partial charge in [-0.25, -0.2) is 15.0 Å². The van der Waals surface area contributed by atoms with Gasteiger partial charge in [0.15, 0.2) is 17.5 Å². The van der Waals surface area contributed by atoms with Crippen molar-refractivity contribution >= 4 is 32.7 Å². The van der Waals surface area contributed by atoms with E-state index >= 15 is 0 Å². The zero-order valence-corrected chi connectivity index (χ0v) is 32.5. The van der Waals surface area contributed by atoms with Crippen LogP contribution in [0.5, 0.6) is 0 Å². The summed E-state index contributed by atoms with van der Waals surface area (Å²) in [4.78, 5) is 15.8. The van der Waals surface area contributed by atoms with Crippen LogP contribution in [-0.2, 0) is 5.41 Å². The van der Waals surface area contributed by atoms with Gasteiger partial charge in [-0.2, -0.15) is 0 Å². The van der Waals surface area contributed by atoms with Crippen molar-refractivity contribution in [1.29, 1.82) is 0 Å². The summed E-state index contributed by atoms with van der Waals surface area (Å²) in [6.45, 7) is 0. The minimum absolute atomic E-state index is 0.552. The first-order valence-electron chi connectivity index (χ1n) is 20.3. The van der Waals surface area contributed by atoms with Crippen molar-refractivity contribution in [2.75, 3.05) is 0 Å². The monoisotopic (exact) mass is 765 g/mol. The normalized spacial score (nSPS) is 12.8. The number of hydrogen-bond donors (Lipinski definition) is 0. The van der Waals surface area contributed by atoms with Crippen molar-refractivity contribution in [1.82, 2.24) is 15.0 Å². The fourth-order valence-corrected chi connectivity index (χ4v) is 9.44. The van der Waals surface area contributed by atoms with Gasteiger partial charge in [0, 0.05) is 27.5 Å². The van der Waals surface area contributed by atoms with Gasteiger partial charge in [-0.05, 0) is 91.7 Å². The summed E-state index contributed by atoms with van der Waals surface area (Å²) in [5.41, 5.74) is 13.4. The van der Waals surface area contributed by atoms with E-state index in [-0.39, 0.29) is 0 Å². The third-order valence-electron chi connectivity index (χ3n) is 12.2. The Bertz CT molecular complexity index is 3410. The third-order valence-corrected chi connectivity index (χ3v) is 12.2. The van der Waals surface area contributed by atoms with Crippen LogP contribution in [0.2, 0.25) is 0 Å². The molecule has 0 bridgehead atoms.